The lowest BCUT2D eigenvalue weighted by molar-refractivity contribution is -0.0539. The largest absolute Gasteiger partial charge is 0.534 e. The molecule has 6 nitrogen and oxygen atoms in total. The van der Waals surface area contributed by atoms with Gasteiger partial charge in [0.25, 0.3) is 0 Å². The fourth-order valence-electron chi connectivity index (χ4n) is 6.91. The van der Waals surface area contributed by atoms with Gasteiger partial charge < -0.3 is 18.4 Å². The Hall–Kier alpha value is -2.04. The van der Waals surface area contributed by atoms with Crippen molar-refractivity contribution in [2.24, 2.45) is 22.2 Å². The van der Waals surface area contributed by atoms with Crippen LogP contribution in [0.4, 0.5) is 13.2 Å². The third kappa shape index (κ3) is 1.76. The number of furan rings is 1. The Morgan fingerprint density at radius 3 is 2.77 bits per heavy atom. The van der Waals surface area contributed by atoms with E-state index in [2.05, 4.69) is 4.18 Å². The molecule has 1 N–H and O–H groups in total. The van der Waals surface area contributed by atoms with E-state index in [1.165, 1.54) is 12.3 Å². The van der Waals surface area contributed by atoms with Gasteiger partial charge in [0.2, 0.25) is 0 Å². The number of aliphatic hydroxyl groups is 1. The van der Waals surface area contributed by atoms with Gasteiger partial charge in [0.1, 0.15) is 11.9 Å². The van der Waals surface area contributed by atoms with Crippen LogP contribution in [0.1, 0.15) is 24.5 Å². The van der Waals surface area contributed by atoms with Crippen LogP contribution < -0.4 is 0 Å². The molecule has 4 bridgehead atoms. The molecule has 2 spiro atoms. The molecule has 10 heteroatoms. The summed E-state index contributed by atoms with van der Waals surface area (Å²) in [5.74, 6) is -0.458. The molecule has 2 heterocycles. The maximum absolute atomic E-state index is 13.0. The maximum Gasteiger partial charge on any atom is 0.534 e. The Labute approximate surface area is 169 Å². The fourth-order valence-corrected chi connectivity index (χ4v) is 7.44. The number of rotatable bonds is 4. The monoisotopic (exact) mass is 442 g/mol. The molecule has 2 saturated carbocycles. The van der Waals surface area contributed by atoms with E-state index in [9.17, 15) is 26.7 Å². The van der Waals surface area contributed by atoms with Gasteiger partial charge in [-0.3, -0.25) is 0 Å². The first-order valence-corrected chi connectivity index (χ1v) is 10.9. The van der Waals surface area contributed by atoms with Gasteiger partial charge in [-0.25, -0.2) is 0 Å². The van der Waals surface area contributed by atoms with Crippen molar-refractivity contribution >= 4 is 10.1 Å². The first kappa shape index (κ1) is 18.7. The van der Waals surface area contributed by atoms with Crippen LogP contribution in [0.15, 0.2) is 58.1 Å². The van der Waals surface area contributed by atoms with Crippen molar-refractivity contribution in [3.63, 3.8) is 0 Å². The average molecular weight is 442 g/mol. The zero-order valence-corrected chi connectivity index (χ0v) is 16.3. The van der Waals surface area contributed by atoms with Crippen LogP contribution in [0.2, 0.25) is 0 Å². The van der Waals surface area contributed by atoms with E-state index in [4.69, 9.17) is 9.15 Å². The predicted octanol–water partition coefficient (Wildman–Crippen LogP) is 3.36. The summed E-state index contributed by atoms with van der Waals surface area (Å²) in [6, 6.07) is 1.76. The Morgan fingerprint density at radius 1 is 1.30 bits per heavy atom. The zero-order valence-electron chi connectivity index (χ0n) is 15.5. The first-order chi connectivity index (χ1) is 14.1. The molecule has 0 amide bonds. The van der Waals surface area contributed by atoms with E-state index in [0.717, 1.165) is 16.7 Å². The van der Waals surface area contributed by atoms with Crippen LogP contribution in [-0.4, -0.2) is 32.2 Å². The summed E-state index contributed by atoms with van der Waals surface area (Å²) in [7, 11) is -5.85. The molecular formula is C20H17F3O6S. The molecule has 5 aliphatic carbocycles. The number of hydrogen-bond acceptors (Lipinski definition) is 6. The zero-order chi connectivity index (χ0) is 21.2. The second-order valence-electron chi connectivity index (χ2n) is 8.64. The summed E-state index contributed by atoms with van der Waals surface area (Å²) in [6.07, 6.45) is 9.07. The minimum absolute atomic E-state index is 0.154. The second kappa shape index (κ2) is 5.23. The lowest BCUT2D eigenvalue weighted by Crippen LogP contribution is -2.36. The van der Waals surface area contributed by atoms with Crippen molar-refractivity contribution in [2.75, 3.05) is 13.2 Å². The number of aliphatic hydroxyl groups excluding tert-OH is 1. The van der Waals surface area contributed by atoms with Gasteiger partial charge in [0.05, 0.1) is 31.2 Å². The molecule has 0 unspecified atom stereocenters. The Morgan fingerprint density at radius 2 is 2.10 bits per heavy atom. The quantitative estimate of drug-likeness (QED) is 0.569. The van der Waals surface area contributed by atoms with E-state index in [-0.39, 0.29) is 11.7 Å². The molecule has 2 fully saturated rings. The van der Waals surface area contributed by atoms with Crippen molar-refractivity contribution < 1.29 is 40.0 Å². The molecule has 160 valence electrons. The smallest absolute Gasteiger partial charge is 0.472 e. The number of alkyl halides is 3. The standard InChI is InChI=1S/C20H17F3O6S/c21-20(22,23)30(25,26)29-14-5-11-6-17-3-1-12-9-28-16(13-2-4-27-8-13)15(12)18(17,7-11)19(14,17)10-24/h1-5,8,11,16,24H,6-7,9-10H2/t11-,16+,17+,18+,19+/m0/s1. The lowest BCUT2D eigenvalue weighted by Gasteiger charge is -2.36. The maximum atomic E-state index is 13.0. The summed E-state index contributed by atoms with van der Waals surface area (Å²) in [6.45, 7) is -0.204. The average Bonchev–Trinajstić information content (AvgIpc) is 3.19. The SMILES string of the molecule is O=S(=O)(OC1=C[C@H]2C[C@]34C=CC5=C([C@@H](c6ccoc6)OC5)[C@@]3(C2)[C@]14CO)C(F)(F)F. The van der Waals surface area contributed by atoms with E-state index < -0.39 is 44.6 Å². The molecule has 0 aromatic carbocycles. The normalized spacial score (nSPS) is 40.9. The van der Waals surface area contributed by atoms with Gasteiger partial charge in [-0.1, -0.05) is 12.2 Å². The Balaban J connectivity index is 1.51. The van der Waals surface area contributed by atoms with E-state index >= 15 is 0 Å². The number of ether oxygens (including phenoxy) is 1. The van der Waals surface area contributed by atoms with Crippen LogP contribution in [0, 0.1) is 22.2 Å². The molecule has 7 rings (SSSR count). The highest BCUT2D eigenvalue weighted by atomic mass is 32.2. The molecule has 6 aliphatic rings. The van der Waals surface area contributed by atoms with Crippen LogP contribution in [0.25, 0.3) is 0 Å². The minimum Gasteiger partial charge on any atom is -0.472 e. The van der Waals surface area contributed by atoms with Crippen molar-refractivity contribution in [3.05, 3.63) is 59.3 Å². The van der Waals surface area contributed by atoms with Crippen molar-refractivity contribution in [2.45, 2.75) is 24.5 Å². The predicted molar refractivity (Wildman–Crippen MR) is 94.8 cm³/mol. The molecule has 30 heavy (non-hydrogen) atoms. The van der Waals surface area contributed by atoms with Crippen molar-refractivity contribution in [1.29, 1.82) is 0 Å². The Kier molecular flexibility index (Phi) is 3.26. The van der Waals surface area contributed by atoms with Gasteiger partial charge in [0, 0.05) is 16.4 Å². The van der Waals surface area contributed by atoms with Crippen molar-refractivity contribution in [3.8, 4) is 0 Å². The topological polar surface area (TPSA) is 86.0 Å². The van der Waals surface area contributed by atoms with Gasteiger partial charge >= 0.3 is 15.6 Å². The van der Waals surface area contributed by atoms with E-state index in [1.54, 1.807) is 12.3 Å². The highest BCUT2D eigenvalue weighted by Crippen LogP contribution is 2.95. The Bertz CT molecular complexity index is 1150. The van der Waals surface area contributed by atoms with Gasteiger partial charge in [-0.05, 0) is 42.0 Å². The van der Waals surface area contributed by atoms with E-state index in [0.29, 0.717) is 19.4 Å². The third-order valence-electron chi connectivity index (χ3n) is 7.76. The van der Waals surface area contributed by atoms with Crippen molar-refractivity contribution in [1.82, 2.24) is 0 Å². The second-order valence-corrected chi connectivity index (χ2v) is 10.2. The summed E-state index contributed by atoms with van der Waals surface area (Å²) < 4.78 is 78.6. The van der Waals surface area contributed by atoms with Gasteiger partial charge in [-0.2, -0.15) is 21.6 Å². The highest BCUT2D eigenvalue weighted by Gasteiger charge is 2.94. The van der Waals surface area contributed by atoms with Crippen LogP contribution in [-0.2, 0) is 19.0 Å². The number of halogens is 3. The molecular weight excluding hydrogens is 425 g/mol. The molecule has 5 atom stereocenters. The molecule has 1 aromatic heterocycles. The third-order valence-corrected chi connectivity index (χ3v) is 8.72. The van der Waals surface area contributed by atoms with E-state index in [1.807, 2.05) is 12.2 Å². The number of hydrogen-bond donors (Lipinski definition) is 1. The fraction of sp³-hybridized carbons (Fsp3) is 0.500. The summed E-state index contributed by atoms with van der Waals surface area (Å²) in [5.41, 5.74) is -5.68. The number of allylic oxidation sites excluding steroid dienone is 2. The highest BCUT2D eigenvalue weighted by molar-refractivity contribution is 7.87. The van der Waals surface area contributed by atoms with Crippen LogP contribution >= 0.6 is 0 Å². The summed E-state index contributed by atoms with van der Waals surface area (Å²) in [5, 5.41) is 10.5. The van der Waals surface area contributed by atoms with Gasteiger partial charge in [0.15, 0.2) is 0 Å². The molecule has 0 saturated heterocycles. The van der Waals surface area contributed by atoms with Crippen LogP contribution in [0.3, 0.4) is 0 Å². The molecule has 1 aliphatic heterocycles. The molecule has 0 radical (unpaired) electrons. The summed E-state index contributed by atoms with van der Waals surface area (Å²) >= 11 is 0. The summed E-state index contributed by atoms with van der Waals surface area (Å²) in [4.78, 5) is 0. The lowest BCUT2D eigenvalue weighted by atomic mass is 9.71. The minimum atomic E-state index is -5.85. The molecule has 1 aromatic rings. The van der Waals surface area contributed by atoms with Crippen LogP contribution in [0.5, 0.6) is 0 Å². The first-order valence-electron chi connectivity index (χ1n) is 9.54. The van der Waals surface area contributed by atoms with Gasteiger partial charge in [-0.15, -0.1) is 0 Å².